The Balaban J connectivity index is 1.85. The highest BCUT2D eigenvalue weighted by Gasteiger charge is 1.97. The monoisotopic (exact) mass is 249 g/mol. The van der Waals surface area contributed by atoms with Crippen molar-refractivity contribution in [1.29, 1.82) is 0 Å². The summed E-state index contributed by atoms with van der Waals surface area (Å²) in [5.41, 5.74) is 3.61. The number of halogens is 1. The third kappa shape index (κ3) is 3.58. The van der Waals surface area contributed by atoms with Gasteiger partial charge in [0, 0.05) is 37.8 Å². The minimum atomic E-state index is 0.566. The molecule has 0 aliphatic heterocycles. The minimum absolute atomic E-state index is 0.566. The van der Waals surface area contributed by atoms with Gasteiger partial charge >= 0.3 is 0 Å². The number of rotatable bonds is 5. The summed E-state index contributed by atoms with van der Waals surface area (Å²) >= 11 is 5.80. The molecule has 1 aromatic carbocycles. The smallest absolute Gasteiger partial charge is 0.0534 e. The maximum absolute atomic E-state index is 5.80. The van der Waals surface area contributed by atoms with Crippen LogP contribution in [0.1, 0.15) is 16.7 Å². The van der Waals surface area contributed by atoms with Gasteiger partial charge in [-0.05, 0) is 11.1 Å². The zero-order valence-electron chi connectivity index (χ0n) is 9.86. The zero-order chi connectivity index (χ0) is 12.1. The lowest BCUT2D eigenvalue weighted by molar-refractivity contribution is 0.691. The van der Waals surface area contributed by atoms with Crippen molar-refractivity contribution in [2.24, 2.45) is 7.05 Å². The van der Waals surface area contributed by atoms with E-state index < -0.39 is 0 Å². The van der Waals surface area contributed by atoms with E-state index in [9.17, 15) is 0 Å². The average molecular weight is 250 g/mol. The molecule has 0 unspecified atom stereocenters. The number of nitrogens with one attached hydrogen (secondary N) is 1. The highest BCUT2D eigenvalue weighted by molar-refractivity contribution is 6.17. The van der Waals surface area contributed by atoms with Crippen molar-refractivity contribution in [3.8, 4) is 0 Å². The molecule has 0 amide bonds. The number of nitrogens with zero attached hydrogens (tertiary/aromatic N) is 2. The maximum Gasteiger partial charge on any atom is 0.0534 e. The van der Waals surface area contributed by atoms with Crippen molar-refractivity contribution in [2.45, 2.75) is 19.0 Å². The van der Waals surface area contributed by atoms with Gasteiger partial charge in [-0.1, -0.05) is 24.3 Å². The van der Waals surface area contributed by atoms with Gasteiger partial charge in [0.1, 0.15) is 0 Å². The Hall–Kier alpha value is -1.32. The Kier molecular flexibility index (Phi) is 4.18. The van der Waals surface area contributed by atoms with Crippen molar-refractivity contribution < 1.29 is 0 Å². The summed E-state index contributed by atoms with van der Waals surface area (Å²) in [5.74, 6) is 0.566. The Morgan fingerprint density at radius 3 is 2.71 bits per heavy atom. The summed E-state index contributed by atoms with van der Waals surface area (Å²) < 4.78 is 1.81. The lowest BCUT2D eigenvalue weighted by atomic mass is 10.1. The molecule has 0 aliphatic rings. The van der Waals surface area contributed by atoms with Crippen LogP contribution >= 0.6 is 11.6 Å². The highest BCUT2D eigenvalue weighted by atomic mass is 35.5. The van der Waals surface area contributed by atoms with Crippen LogP contribution in [0.15, 0.2) is 36.7 Å². The lowest BCUT2D eigenvalue weighted by Crippen LogP contribution is -2.12. The van der Waals surface area contributed by atoms with E-state index in [-0.39, 0.29) is 0 Å². The fraction of sp³-hybridized carbons (Fsp3) is 0.308. The largest absolute Gasteiger partial charge is 0.309 e. The van der Waals surface area contributed by atoms with E-state index in [4.69, 9.17) is 11.6 Å². The highest BCUT2D eigenvalue weighted by Crippen LogP contribution is 2.07. The van der Waals surface area contributed by atoms with Gasteiger partial charge in [-0.15, -0.1) is 11.6 Å². The van der Waals surface area contributed by atoms with Crippen molar-refractivity contribution >= 4 is 11.6 Å². The minimum Gasteiger partial charge on any atom is -0.309 e. The molecule has 1 N–H and O–H groups in total. The quantitative estimate of drug-likeness (QED) is 0.825. The summed E-state index contributed by atoms with van der Waals surface area (Å²) in [6.45, 7) is 1.68. The summed E-state index contributed by atoms with van der Waals surface area (Å²) in [7, 11) is 1.92. The topological polar surface area (TPSA) is 29.9 Å². The van der Waals surface area contributed by atoms with E-state index in [1.807, 2.05) is 36.3 Å². The standard InChI is InChI=1S/C13H16ClN3/c1-17-10-13(9-16-17)8-15-7-12-4-2-3-11(5-12)6-14/h2-5,9-10,15H,6-8H2,1H3. The van der Waals surface area contributed by atoms with E-state index in [2.05, 4.69) is 22.5 Å². The van der Waals surface area contributed by atoms with E-state index >= 15 is 0 Å². The van der Waals surface area contributed by atoms with Gasteiger partial charge in [-0.2, -0.15) is 5.10 Å². The predicted octanol–water partition coefficient (Wildman–Crippen LogP) is 2.45. The molecule has 4 heteroatoms. The molecule has 1 aromatic heterocycles. The van der Waals surface area contributed by atoms with E-state index in [1.165, 1.54) is 11.1 Å². The molecule has 0 aliphatic carbocycles. The third-order valence-corrected chi connectivity index (χ3v) is 2.87. The Bertz CT molecular complexity index is 479. The molecule has 0 fully saturated rings. The van der Waals surface area contributed by atoms with Crippen molar-refractivity contribution in [2.75, 3.05) is 0 Å². The van der Waals surface area contributed by atoms with Gasteiger partial charge in [0.2, 0.25) is 0 Å². The zero-order valence-corrected chi connectivity index (χ0v) is 10.6. The SMILES string of the molecule is Cn1cc(CNCc2cccc(CCl)c2)cn1. The molecule has 0 radical (unpaired) electrons. The first-order chi connectivity index (χ1) is 8.28. The van der Waals surface area contributed by atoms with Crippen molar-refractivity contribution in [1.82, 2.24) is 15.1 Å². The molecule has 2 rings (SSSR count). The van der Waals surface area contributed by atoms with Crippen LogP contribution in [-0.4, -0.2) is 9.78 Å². The van der Waals surface area contributed by atoms with Crippen LogP contribution < -0.4 is 5.32 Å². The first-order valence-electron chi connectivity index (χ1n) is 5.60. The number of benzene rings is 1. The molecule has 2 aromatic rings. The molecule has 3 nitrogen and oxygen atoms in total. The Morgan fingerprint density at radius 2 is 2.00 bits per heavy atom. The normalized spacial score (nSPS) is 10.7. The average Bonchev–Trinajstić information content (AvgIpc) is 2.75. The Labute approximate surface area is 106 Å². The molecule has 0 atom stereocenters. The van der Waals surface area contributed by atoms with E-state index in [1.54, 1.807) is 0 Å². The first-order valence-corrected chi connectivity index (χ1v) is 6.13. The van der Waals surface area contributed by atoms with Gasteiger partial charge in [0.25, 0.3) is 0 Å². The second-order valence-corrected chi connectivity index (χ2v) is 4.35. The second kappa shape index (κ2) is 5.84. The number of aryl methyl sites for hydroxylation is 1. The van der Waals surface area contributed by atoms with Crippen molar-refractivity contribution in [3.05, 3.63) is 53.3 Å². The molecule has 1 heterocycles. The van der Waals surface area contributed by atoms with Crippen LogP contribution in [0.3, 0.4) is 0 Å². The first kappa shape index (κ1) is 12.1. The molecular weight excluding hydrogens is 234 g/mol. The molecule has 0 spiro atoms. The summed E-state index contributed by atoms with van der Waals surface area (Å²) in [6.07, 6.45) is 3.89. The van der Waals surface area contributed by atoms with Gasteiger partial charge in [-0.3, -0.25) is 4.68 Å². The molecule has 0 saturated heterocycles. The molecule has 90 valence electrons. The van der Waals surface area contributed by atoms with Crippen molar-refractivity contribution in [3.63, 3.8) is 0 Å². The van der Waals surface area contributed by atoms with Gasteiger partial charge < -0.3 is 5.32 Å². The van der Waals surface area contributed by atoms with Crippen LogP contribution in [0.2, 0.25) is 0 Å². The van der Waals surface area contributed by atoms with Crippen LogP contribution in [0.5, 0.6) is 0 Å². The van der Waals surface area contributed by atoms with Crippen LogP contribution in [-0.2, 0) is 26.0 Å². The predicted molar refractivity (Wildman–Crippen MR) is 69.8 cm³/mol. The molecular formula is C13H16ClN3. The molecule has 0 saturated carbocycles. The van der Waals surface area contributed by atoms with E-state index in [0.717, 1.165) is 18.7 Å². The van der Waals surface area contributed by atoms with Gasteiger partial charge in [-0.25, -0.2) is 0 Å². The molecule has 17 heavy (non-hydrogen) atoms. The summed E-state index contributed by atoms with van der Waals surface area (Å²) in [4.78, 5) is 0. The maximum atomic E-state index is 5.80. The number of hydrogen-bond acceptors (Lipinski definition) is 2. The fourth-order valence-corrected chi connectivity index (χ4v) is 1.90. The van der Waals surface area contributed by atoms with E-state index in [0.29, 0.717) is 5.88 Å². The van der Waals surface area contributed by atoms with Crippen LogP contribution in [0.4, 0.5) is 0 Å². The number of alkyl halides is 1. The third-order valence-electron chi connectivity index (χ3n) is 2.56. The summed E-state index contributed by atoms with van der Waals surface area (Å²) in [6, 6.07) is 8.31. The van der Waals surface area contributed by atoms with Crippen LogP contribution in [0.25, 0.3) is 0 Å². The number of aromatic nitrogens is 2. The lowest BCUT2D eigenvalue weighted by Gasteiger charge is -2.04. The summed E-state index contributed by atoms with van der Waals surface area (Å²) in [5, 5.41) is 7.52. The van der Waals surface area contributed by atoms with Gasteiger partial charge in [0.05, 0.1) is 6.20 Å². The number of hydrogen-bond donors (Lipinski definition) is 1. The Morgan fingerprint density at radius 1 is 1.24 bits per heavy atom. The molecule has 0 bridgehead atoms. The fourth-order valence-electron chi connectivity index (χ4n) is 1.74. The second-order valence-electron chi connectivity index (χ2n) is 4.08. The van der Waals surface area contributed by atoms with Crippen LogP contribution in [0, 0.1) is 0 Å². The van der Waals surface area contributed by atoms with Gasteiger partial charge in [0.15, 0.2) is 0 Å².